The van der Waals surface area contributed by atoms with Crippen LogP contribution in [0.15, 0.2) is 24.3 Å². The standard InChI is InChI=1S/C17H26N2O2/c1-3-13-4-6-14(7-5-13)15-10-16(18)12-19(11-15)9-8-17(20)21-2/h4-7,15-16H,3,8-12,18H2,1-2H3. The van der Waals surface area contributed by atoms with Crippen LogP contribution in [0, 0.1) is 0 Å². The lowest BCUT2D eigenvalue weighted by molar-refractivity contribution is -0.141. The van der Waals surface area contributed by atoms with Crippen molar-refractivity contribution in [1.82, 2.24) is 4.90 Å². The predicted molar refractivity (Wildman–Crippen MR) is 84.2 cm³/mol. The Morgan fingerprint density at radius 2 is 2.05 bits per heavy atom. The lowest BCUT2D eigenvalue weighted by atomic mass is 9.88. The van der Waals surface area contributed by atoms with Gasteiger partial charge in [-0.1, -0.05) is 31.2 Å². The van der Waals surface area contributed by atoms with Crippen LogP contribution in [0.4, 0.5) is 0 Å². The Labute approximate surface area is 127 Å². The second kappa shape index (κ2) is 7.57. The van der Waals surface area contributed by atoms with Gasteiger partial charge in [0.1, 0.15) is 0 Å². The van der Waals surface area contributed by atoms with Crippen molar-refractivity contribution in [2.75, 3.05) is 26.7 Å². The number of carbonyl (C=O) groups is 1. The first-order valence-corrected chi connectivity index (χ1v) is 7.76. The van der Waals surface area contributed by atoms with Gasteiger partial charge in [-0.25, -0.2) is 0 Å². The van der Waals surface area contributed by atoms with Gasteiger partial charge in [0.2, 0.25) is 0 Å². The van der Waals surface area contributed by atoms with E-state index in [0.29, 0.717) is 12.3 Å². The van der Waals surface area contributed by atoms with Crippen LogP contribution in [-0.2, 0) is 16.0 Å². The molecule has 4 nitrogen and oxygen atoms in total. The highest BCUT2D eigenvalue weighted by Gasteiger charge is 2.26. The molecule has 2 rings (SSSR count). The van der Waals surface area contributed by atoms with Crippen molar-refractivity contribution in [3.8, 4) is 0 Å². The topological polar surface area (TPSA) is 55.6 Å². The van der Waals surface area contributed by atoms with E-state index in [0.717, 1.165) is 32.5 Å². The van der Waals surface area contributed by atoms with Crippen LogP contribution in [0.2, 0.25) is 0 Å². The van der Waals surface area contributed by atoms with Gasteiger partial charge in [0, 0.05) is 25.7 Å². The number of nitrogens with two attached hydrogens (primary N) is 1. The molecule has 116 valence electrons. The highest BCUT2D eigenvalue weighted by atomic mass is 16.5. The van der Waals surface area contributed by atoms with E-state index in [1.54, 1.807) is 0 Å². The second-order valence-corrected chi connectivity index (χ2v) is 5.87. The molecule has 1 aliphatic heterocycles. The number of benzene rings is 1. The summed E-state index contributed by atoms with van der Waals surface area (Å²) in [6, 6.07) is 9.02. The zero-order valence-corrected chi connectivity index (χ0v) is 13.0. The third-order valence-corrected chi connectivity index (χ3v) is 4.28. The number of esters is 1. The fraction of sp³-hybridized carbons (Fsp3) is 0.588. The number of methoxy groups -OCH3 is 1. The van der Waals surface area contributed by atoms with Gasteiger partial charge in [-0.2, -0.15) is 0 Å². The number of carbonyl (C=O) groups excluding carboxylic acids is 1. The van der Waals surface area contributed by atoms with Crippen LogP contribution in [-0.4, -0.2) is 43.7 Å². The minimum atomic E-state index is -0.155. The molecule has 1 aliphatic rings. The number of ether oxygens (including phenoxy) is 1. The summed E-state index contributed by atoms with van der Waals surface area (Å²) >= 11 is 0. The molecular weight excluding hydrogens is 264 g/mol. The number of hydrogen-bond donors (Lipinski definition) is 1. The minimum Gasteiger partial charge on any atom is -0.469 e. The molecule has 0 aliphatic carbocycles. The zero-order chi connectivity index (χ0) is 15.2. The summed E-state index contributed by atoms with van der Waals surface area (Å²) in [5.41, 5.74) is 8.90. The lowest BCUT2D eigenvalue weighted by Crippen LogP contribution is -2.46. The van der Waals surface area contributed by atoms with Crippen LogP contribution in [0.3, 0.4) is 0 Å². The molecule has 1 fully saturated rings. The Hall–Kier alpha value is -1.39. The summed E-state index contributed by atoms with van der Waals surface area (Å²) in [5.74, 6) is 0.301. The normalized spacial score (nSPS) is 23.0. The average molecular weight is 290 g/mol. The molecule has 2 atom stereocenters. The van der Waals surface area contributed by atoms with E-state index in [-0.39, 0.29) is 12.0 Å². The molecule has 1 aromatic rings. The number of piperidine rings is 1. The van der Waals surface area contributed by atoms with E-state index in [1.165, 1.54) is 18.2 Å². The number of likely N-dealkylation sites (tertiary alicyclic amines) is 1. The van der Waals surface area contributed by atoms with Crippen molar-refractivity contribution in [2.45, 2.75) is 38.1 Å². The smallest absolute Gasteiger partial charge is 0.306 e. The van der Waals surface area contributed by atoms with E-state index in [2.05, 4.69) is 36.1 Å². The van der Waals surface area contributed by atoms with Crippen LogP contribution in [0.25, 0.3) is 0 Å². The molecule has 0 spiro atoms. The molecular formula is C17H26N2O2. The molecule has 2 unspecified atom stereocenters. The highest BCUT2D eigenvalue weighted by molar-refractivity contribution is 5.69. The van der Waals surface area contributed by atoms with Gasteiger partial charge >= 0.3 is 5.97 Å². The molecule has 1 heterocycles. The van der Waals surface area contributed by atoms with Gasteiger partial charge in [-0.3, -0.25) is 4.79 Å². The van der Waals surface area contributed by atoms with E-state index in [9.17, 15) is 4.79 Å². The predicted octanol–water partition coefficient (Wildman–Crippen LogP) is 1.93. The van der Waals surface area contributed by atoms with Crippen molar-refractivity contribution in [2.24, 2.45) is 5.73 Å². The maximum atomic E-state index is 11.3. The molecule has 1 aromatic carbocycles. The Morgan fingerprint density at radius 3 is 2.67 bits per heavy atom. The van der Waals surface area contributed by atoms with Gasteiger partial charge in [-0.05, 0) is 29.9 Å². The third kappa shape index (κ3) is 4.55. The summed E-state index contributed by atoms with van der Waals surface area (Å²) < 4.78 is 4.71. The van der Waals surface area contributed by atoms with E-state index in [1.807, 2.05) is 0 Å². The maximum absolute atomic E-state index is 11.3. The van der Waals surface area contributed by atoms with Crippen LogP contribution in [0.1, 0.15) is 36.8 Å². The Morgan fingerprint density at radius 1 is 1.33 bits per heavy atom. The van der Waals surface area contributed by atoms with E-state index < -0.39 is 0 Å². The summed E-state index contributed by atoms with van der Waals surface area (Å²) in [7, 11) is 1.43. The summed E-state index contributed by atoms with van der Waals surface area (Å²) in [4.78, 5) is 13.6. The second-order valence-electron chi connectivity index (χ2n) is 5.87. The summed E-state index contributed by atoms with van der Waals surface area (Å²) in [5, 5.41) is 0. The van der Waals surface area contributed by atoms with Crippen molar-refractivity contribution in [3.05, 3.63) is 35.4 Å². The molecule has 1 saturated heterocycles. The number of aryl methyl sites for hydroxylation is 1. The van der Waals surface area contributed by atoms with Gasteiger partial charge in [0.15, 0.2) is 0 Å². The van der Waals surface area contributed by atoms with E-state index >= 15 is 0 Å². The molecule has 0 bridgehead atoms. The van der Waals surface area contributed by atoms with Crippen molar-refractivity contribution in [3.63, 3.8) is 0 Å². The summed E-state index contributed by atoms with van der Waals surface area (Å²) in [6.45, 7) is 4.72. The fourth-order valence-corrected chi connectivity index (χ4v) is 3.03. The molecule has 0 aromatic heterocycles. The van der Waals surface area contributed by atoms with Crippen molar-refractivity contribution < 1.29 is 9.53 Å². The molecule has 0 amide bonds. The molecule has 4 heteroatoms. The minimum absolute atomic E-state index is 0.155. The number of rotatable bonds is 5. The first-order valence-electron chi connectivity index (χ1n) is 7.76. The SMILES string of the molecule is CCc1ccc(C2CC(N)CN(CCC(=O)OC)C2)cc1. The largest absolute Gasteiger partial charge is 0.469 e. The lowest BCUT2D eigenvalue weighted by Gasteiger charge is -2.36. The highest BCUT2D eigenvalue weighted by Crippen LogP contribution is 2.26. The van der Waals surface area contributed by atoms with Crippen LogP contribution < -0.4 is 5.73 Å². The molecule has 2 N–H and O–H groups in total. The first kappa shape index (κ1) is 16.0. The van der Waals surface area contributed by atoms with E-state index in [4.69, 9.17) is 10.5 Å². The maximum Gasteiger partial charge on any atom is 0.306 e. The summed E-state index contributed by atoms with van der Waals surface area (Å²) in [6.07, 6.45) is 2.51. The average Bonchev–Trinajstić information content (AvgIpc) is 2.52. The van der Waals surface area contributed by atoms with Crippen LogP contribution >= 0.6 is 0 Å². The first-order chi connectivity index (χ1) is 10.1. The fourth-order valence-electron chi connectivity index (χ4n) is 3.03. The quantitative estimate of drug-likeness (QED) is 0.842. The van der Waals surface area contributed by atoms with Gasteiger partial charge in [0.05, 0.1) is 13.5 Å². The molecule has 21 heavy (non-hydrogen) atoms. The van der Waals surface area contributed by atoms with Crippen molar-refractivity contribution >= 4 is 5.97 Å². The van der Waals surface area contributed by atoms with Gasteiger partial charge in [-0.15, -0.1) is 0 Å². The number of nitrogens with zero attached hydrogens (tertiary/aromatic N) is 1. The number of hydrogen-bond acceptors (Lipinski definition) is 4. The van der Waals surface area contributed by atoms with Crippen LogP contribution in [0.5, 0.6) is 0 Å². The van der Waals surface area contributed by atoms with Gasteiger partial charge < -0.3 is 15.4 Å². The molecule has 0 radical (unpaired) electrons. The Kier molecular flexibility index (Phi) is 5.76. The van der Waals surface area contributed by atoms with Gasteiger partial charge in [0.25, 0.3) is 0 Å². The molecule has 0 saturated carbocycles. The Bertz CT molecular complexity index is 458. The van der Waals surface area contributed by atoms with Crippen molar-refractivity contribution in [1.29, 1.82) is 0 Å². The Balaban J connectivity index is 1.97. The monoisotopic (exact) mass is 290 g/mol. The third-order valence-electron chi connectivity index (χ3n) is 4.28. The zero-order valence-electron chi connectivity index (χ0n) is 13.0.